The molecule has 0 radical (unpaired) electrons. The number of fused-ring (bicyclic) bond motifs is 3. The van der Waals surface area contributed by atoms with Gasteiger partial charge >= 0.3 is 0 Å². The van der Waals surface area contributed by atoms with Gasteiger partial charge in [0.2, 0.25) is 11.8 Å². The van der Waals surface area contributed by atoms with Crippen molar-refractivity contribution in [1.29, 1.82) is 0 Å². The fourth-order valence-corrected chi connectivity index (χ4v) is 6.46. The predicted octanol–water partition coefficient (Wildman–Crippen LogP) is 5.49. The van der Waals surface area contributed by atoms with Crippen molar-refractivity contribution in [2.24, 2.45) is 11.8 Å². The third-order valence-electron chi connectivity index (χ3n) is 7.64. The fourth-order valence-electron chi connectivity index (χ4n) is 5.79. The summed E-state index contributed by atoms with van der Waals surface area (Å²) >= 11 is 9.47. The molecule has 3 heterocycles. The molecule has 6 rings (SSSR count). The van der Waals surface area contributed by atoms with Crippen LogP contribution in [0.25, 0.3) is 0 Å². The minimum Gasteiger partial charge on any atom is -0.496 e. The van der Waals surface area contributed by atoms with E-state index in [0.29, 0.717) is 37.6 Å². The van der Waals surface area contributed by atoms with Crippen LogP contribution in [0.5, 0.6) is 5.75 Å². The number of ketones is 2. The highest BCUT2D eigenvalue weighted by atomic mass is 79.9. The zero-order valence-corrected chi connectivity index (χ0v) is 23.5. The molecule has 0 N–H and O–H groups in total. The van der Waals surface area contributed by atoms with Gasteiger partial charge in [-0.05, 0) is 64.5 Å². The van der Waals surface area contributed by atoms with Crippen molar-refractivity contribution in [2.45, 2.75) is 12.1 Å². The molecular formula is C31H22BrClN2O5. The number of Topliss-reactive ketones (excluding diaryl/α,β-unsaturated/α-hetero) is 2. The average molecular weight is 618 g/mol. The molecule has 3 aromatic carbocycles. The Morgan fingerprint density at radius 2 is 1.60 bits per heavy atom. The lowest BCUT2D eigenvalue weighted by Gasteiger charge is -2.33. The van der Waals surface area contributed by atoms with E-state index in [4.69, 9.17) is 16.3 Å². The third kappa shape index (κ3) is 4.19. The second-order valence-corrected chi connectivity index (χ2v) is 11.1. The Balaban J connectivity index is 1.43. The van der Waals surface area contributed by atoms with Crippen molar-refractivity contribution < 1.29 is 23.9 Å². The lowest BCUT2D eigenvalue weighted by atomic mass is 9.85. The van der Waals surface area contributed by atoms with Crippen molar-refractivity contribution in [3.63, 3.8) is 0 Å². The number of ether oxygens (including phenoxy) is 1. The van der Waals surface area contributed by atoms with Crippen molar-refractivity contribution in [3.8, 4) is 5.75 Å². The van der Waals surface area contributed by atoms with Gasteiger partial charge in [-0.25, -0.2) is 4.90 Å². The maximum atomic E-state index is 14.0. The largest absolute Gasteiger partial charge is 0.496 e. The first-order chi connectivity index (χ1) is 19.3. The Morgan fingerprint density at radius 1 is 0.900 bits per heavy atom. The van der Waals surface area contributed by atoms with Crippen LogP contribution in [0.1, 0.15) is 20.7 Å². The minimum absolute atomic E-state index is 0.201. The maximum Gasteiger partial charge on any atom is 0.240 e. The molecule has 0 bridgehead atoms. The van der Waals surface area contributed by atoms with E-state index in [2.05, 4.69) is 15.9 Å². The van der Waals surface area contributed by atoms with Gasteiger partial charge in [-0.3, -0.25) is 19.2 Å². The summed E-state index contributed by atoms with van der Waals surface area (Å²) in [6, 6.07) is 18.6. The number of benzene rings is 3. The molecule has 2 saturated heterocycles. The summed E-state index contributed by atoms with van der Waals surface area (Å²) in [6.07, 6.45) is 5.01. The van der Waals surface area contributed by atoms with Crippen LogP contribution in [0.15, 0.2) is 101 Å². The van der Waals surface area contributed by atoms with Crippen molar-refractivity contribution in [1.82, 2.24) is 4.90 Å². The minimum atomic E-state index is -0.954. The third-order valence-corrected chi connectivity index (χ3v) is 8.51. The van der Waals surface area contributed by atoms with E-state index in [1.54, 1.807) is 90.0 Å². The Labute approximate surface area is 243 Å². The SMILES string of the molecule is COc1ccc(C(=O)C2C3C(=O)N(c4ccc(Cl)cc4)C(=O)C3C3C=C(C(=O)c4ccccc4)C=CN32)cc1Br. The van der Waals surface area contributed by atoms with Crippen LogP contribution in [0.3, 0.4) is 0 Å². The molecule has 3 aliphatic rings. The normalized spacial score (nSPS) is 23.1. The molecular weight excluding hydrogens is 596 g/mol. The number of carbonyl (C=O) groups excluding carboxylic acids is 4. The number of halogens is 2. The molecule has 2 fully saturated rings. The van der Waals surface area contributed by atoms with Crippen LogP contribution in [-0.2, 0) is 9.59 Å². The number of anilines is 1. The van der Waals surface area contributed by atoms with Crippen molar-refractivity contribution >= 4 is 56.6 Å². The molecule has 9 heteroatoms. The van der Waals surface area contributed by atoms with Gasteiger partial charge in [0.15, 0.2) is 11.6 Å². The molecule has 4 unspecified atom stereocenters. The Kier molecular flexibility index (Phi) is 6.68. The summed E-state index contributed by atoms with van der Waals surface area (Å²) in [7, 11) is 1.53. The summed E-state index contributed by atoms with van der Waals surface area (Å²) < 4.78 is 5.89. The molecule has 0 aliphatic carbocycles. The summed E-state index contributed by atoms with van der Waals surface area (Å²) in [5, 5.41) is 0.469. The molecule has 4 atom stereocenters. The molecule has 2 amide bonds. The van der Waals surface area contributed by atoms with Gasteiger partial charge in [-0.2, -0.15) is 0 Å². The highest BCUT2D eigenvalue weighted by molar-refractivity contribution is 9.10. The first-order valence-electron chi connectivity index (χ1n) is 12.6. The van der Waals surface area contributed by atoms with Gasteiger partial charge in [0.25, 0.3) is 0 Å². The van der Waals surface area contributed by atoms with Crippen LogP contribution in [-0.4, -0.2) is 47.5 Å². The maximum absolute atomic E-state index is 14.0. The number of rotatable bonds is 6. The molecule has 3 aromatic rings. The highest BCUT2D eigenvalue weighted by Gasteiger charge is 2.63. The molecule has 0 spiro atoms. The monoisotopic (exact) mass is 616 g/mol. The number of amides is 2. The second-order valence-electron chi connectivity index (χ2n) is 9.77. The van der Waals surface area contributed by atoms with Crippen LogP contribution < -0.4 is 9.64 Å². The van der Waals surface area contributed by atoms with Crippen molar-refractivity contribution in [3.05, 3.63) is 117 Å². The van der Waals surface area contributed by atoms with Gasteiger partial charge in [-0.1, -0.05) is 48.0 Å². The predicted molar refractivity (Wildman–Crippen MR) is 153 cm³/mol. The quantitative estimate of drug-likeness (QED) is 0.269. The first-order valence-corrected chi connectivity index (χ1v) is 13.8. The summed E-state index contributed by atoms with van der Waals surface area (Å²) in [5.74, 6) is -2.64. The van der Waals surface area contributed by atoms with E-state index in [1.807, 2.05) is 6.07 Å². The van der Waals surface area contributed by atoms with Gasteiger partial charge in [-0.15, -0.1) is 0 Å². The molecule has 200 valence electrons. The Morgan fingerprint density at radius 3 is 2.27 bits per heavy atom. The van der Waals surface area contributed by atoms with Crippen LogP contribution in [0, 0.1) is 11.8 Å². The van der Waals surface area contributed by atoms with E-state index in [9.17, 15) is 19.2 Å². The van der Waals surface area contributed by atoms with Crippen LogP contribution in [0.4, 0.5) is 5.69 Å². The number of hydrogen-bond donors (Lipinski definition) is 0. The smallest absolute Gasteiger partial charge is 0.240 e. The molecule has 0 saturated carbocycles. The number of allylic oxidation sites excluding steroid dienone is 2. The lowest BCUT2D eigenvalue weighted by Crippen LogP contribution is -2.46. The highest BCUT2D eigenvalue weighted by Crippen LogP contribution is 2.47. The summed E-state index contributed by atoms with van der Waals surface area (Å²) in [4.78, 5) is 58.0. The van der Waals surface area contributed by atoms with E-state index in [0.717, 1.165) is 4.90 Å². The number of hydrogen-bond acceptors (Lipinski definition) is 6. The van der Waals surface area contributed by atoms with Crippen LogP contribution >= 0.6 is 27.5 Å². The van der Waals surface area contributed by atoms with E-state index >= 15 is 0 Å². The van der Waals surface area contributed by atoms with E-state index in [-0.39, 0.29) is 11.6 Å². The summed E-state index contributed by atoms with van der Waals surface area (Å²) in [6.45, 7) is 0. The topological polar surface area (TPSA) is 84.0 Å². The molecule has 7 nitrogen and oxygen atoms in total. The van der Waals surface area contributed by atoms with Gasteiger partial charge < -0.3 is 9.64 Å². The molecule has 3 aliphatic heterocycles. The standard InChI is InChI=1S/C31H22BrClN2O5/c1-40-24-12-7-18(15-22(24)32)29(37)27-26-25(30(38)35(31(26)39)21-10-8-20(33)9-11-21)23-16-19(13-14-34(23)27)28(36)17-5-3-2-4-6-17/h2-16,23,25-27H,1H3. The van der Waals surface area contributed by atoms with E-state index < -0.39 is 35.7 Å². The Bertz CT molecular complexity index is 1620. The van der Waals surface area contributed by atoms with E-state index in [1.165, 1.54) is 7.11 Å². The Hall–Kier alpha value is -4.01. The fraction of sp³-hybridized carbons (Fsp3) is 0.161. The van der Waals surface area contributed by atoms with Crippen molar-refractivity contribution in [2.75, 3.05) is 12.0 Å². The van der Waals surface area contributed by atoms with Crippen LogP contribution in [0.2, 0.25) is 5.02 Å². The van der Waals surface area contributed by atoms with Gasteiger partial charge in [0.05, 0.1) is 35.1 Å². The number of carbonyl (C=O) groups is 4. The number of methoxy groups -OCH3 is 1. The first kappa shape index (κ1) is 26.2. The molecule has 0 aromatic heterocycles. The number of imide groups is 1. The zero-order chi connectivity index (χ0) is 28.1. The number of nitrogens with zero attached hydrogens (tertiary/aromatic N) is 2. The second kappa shape index (κ2) is 10.2. The lowest BCUT2D eigenvalue weighted by molar-refractivity contribution is -0.123. The zero-order valence-electron chi connectivity index (χ0n) is 21.2. The van der Waals surface area contributed by atoms with Gasteiger partial charge in [0.1, 0.15) is 11.8 Å². The summed E-state index contributed by atoms with van der Waals surface area (Å²) in [5.41, 5.74) is 1.66. The average Bonchev–Trinajstić information content (AvgIpc) is 3.44. The van der Waals surface area contributed by atoms with Gasteiger partial charge in [0, 0.05) is 27.9 Å². The molecule has 40 heavy (non-hydrogen) atoms.